The van der Waals surface area contributed by atoms with Crippen LogP contribution in [0.15, 0.2) is 12.1 Å². The second kappa shape index (κ2) is 4.59. The van der Waals surface area contributed by atoms with Crippen LogP contribution in [0.2, 0.25) is 0 Å². The van der Waals surface area contributed by atoms with Crippen molar-refractivity contribution in [1.82, 2.24) is 0 Å². The molecule has 0 aliphatic carbocycles. The monoisotopic (exact) mass is 207 g/mol. The first-order valence-electron chi connectivity index (χ1n) is 4.50. The molecule has 0 aromatic heterocycles. The molecular formula is C11H13NO3. The minimum atomic E-state index is -0.174. The Balaban J connectivity index is 3.20. The number of hydrogen-bond donors (Lipinski definition) is 1. The van der Waals surface area contributed by atoms with Crippen molar-refractivity contribution in [2.24, 2.45) is 0 Å². The van der Waals surface area contributed by atoms with Gasteiger partial charge in [-0.05, 0) is 24.6 Å². The van der Waals surface area contributed by atoms with E-state index in [2.05, 4.69) is 5.32 Å². The van der Waals surface area contributed by atoms with Crippen LogP contribution in [0.4, 0.5) is 5.69 Å². The minimum Gasteiger partial charge on any atom is -0.495 e. The number of ether oxygens (including phenoxy) is 1. The van der Waals surface area contributed by atoms with Crippen LogP contribution in [0, 0.1) is 6.92 Å². The first-order valence-corrected chi connectivity index (χ1v) is 4.50. The van der Waals surface area contributed by atoms with E-state index in [-0.39, 0.29) is 5.91 Å². The van der Waals surface area contributed by atoms with E-state index in [1.165, 1.54) is 14.0 Å². The fourth-order valence-corrected chi connectivity index (χ4v) is 1.29. The molecule has 4 nitrogen and oxygen atoms in total. The Hall–Kier alpha value is -1.84. The van der Waals surface area contributed by atoms with E-state index in [4.69, 9.17) is 4.74 Å². The Labute approximate surface area is 88.2 Å². The zero-order valence-electron chi connectivity index (χ0n) is 8.96. The topological polar surface area (TPSA) is 55.4 Å². The van der Waals surface area contributed by atoms with Crippen LogP contribution >= 0.6 is 0 Å². The van der Waals surface area contributed by atoms with E-state index in [1.807, 2.05) is 0 Å². The second-order valence-corrected chi connectivity index (χ2v) is 3.21. The van der Waals surface area contributed by atoms with Crippen LogP contribution in [0.5, 0.6) is 5.75 Å². The highest BCUT2D eigenvalue weighted by molar-refractivity contribution is 5.92. The lowest BCUT2D eigenvalue weighted by Gasteiger charge is -2.11. The number of carbonyl (C=O) groups excluding carboxylic acids is 2. The molecule has 0 heterocycles. The summed E-state index contributed by atoms with van der Waals surface area (Å²) in [4.78, 5) is 21.6. The number of methoxy groups -OCH3 is 1. The maximum atomic E-state index is 10.9. The van der Waals surface area contributed by atoms with E-state index in [0.717, 1.165) is 11.8 Å². The van der Waals surface area contributed by atoms with Crippen LogP contribution in [0.1, 0.15) is 22.8 Å². The summed E-state index contributed by atoms with van der Waals surface area (Å²) in [7, 11) is 1.49. The summed E-state index contributed by atoms with van der Waals surface area (Å²) < 4.78 is 5.07. The van der Waals surface area contributed by atoms with Crippen molar-refractivity contribution >= 4 is 17.9 Å². The van der Waals surface area contributed by atoms with Gasteiger partial charge in [-0.3, -0.25) is 9.59 Å². The van der Waals surface area contributed by atoms with Gasteiger partial charge in [-0.25, -0.2) is 0 Å². The van der Waals surface area contributed by atoms with Gasteiger partial charge in [-0.1, -0.05) is 0 Å². The molecule has 0 aliphatic rings. The molecule has 4 heteroatoms. The third kappa shape index (κ3) is 2.56. The molecular weight excluding hydrogens is 194 g/mol. The zero-order chi connectivity index (χ0) is 11.4. The van der Waals surface area contributed by atoms with Gasteiger partial charge in [-0.2, -0.15) is 0 Å². The standard InChI is InChI=1S/C11H13NO3/c1-7-4-10(12-8(2)14)11(15-3)5-9(7)6-13/h4-6H,1-3H3,(H,12,14). The van der Waals surface area contributed by atoms with Crippen LogP contribution in [-0.2, 0) is 4.79 Å². The van der Waals surface area contributed by atoms with Crippen LogP contribution < -0.4 is 10.1 Å². The average Bonchev–Trinajstić information content (AvgIpc) is 2.17. The molecule has 0 atom stereocenters. The number of hydrogen-bond acceptors (Lipinski definition) is 3. The number of rotatable bonds is 3. The molecule has 0 saturated carbocycles. The first-order chi connectivity index (χ1) is 7.08. The normalized spacial score (nSPS) is 9.53. The second-order valence-electron chi connectivity index (χ2n) is 3.21. The fourth-order valence-electron chi connectivity index (χ4n) is 1.29. The molecule has 15 heavy (non-hydrogen) atoms. The van der Waals surface area contributed by atoms with Crippen molar-refractivity contribution in [3.05, 3.63) is 23.3 Å². The quantitative estimate of drug-likeness (QED) is 0.768. The highest BCUT2D eigenvalue weighted by atomic mass is 16.5. The van der Waals surface area contributed by atoms with Crippen molar-refractivity contribution in [2.75, 3.05) is 12.4 Å². The number of carbonyl (C=O) groups is 2. The lowest BCUT2D eigenvalue weighted by molar-refractivity contribution is -0.114. The minimum absolute atomic E-state index is 0.174. The van der Waals surface area contributed by atoms with Gasteiger partial charge in [0.1, 0.15) is 12.0 Å². The number of benzene rings is 1. The smallest absolute Gasteiger partial charge is 0.221 e. The molecule has 0 radical (unpaired) electrons. The van der Waals surface area contributed by atoms with Gasteiger partial charge in [0, 0.05) is 12.5 Å². The van der Waals surface area contributed by atoms with Crippen molar-refractivity contribution in [3.8, 4) is 5.75 Å². The van der Waals surface area contributed by atoms with Crippen LogP contribution in [-0.4, -0.2) is 19.3 Å². The predicted octanol–water partition coefficient (Wildman–Crippen LogP) is 1.77. The Morgan fingerprint density at radius 1 is 1.47 bits per heavy atom. The summed E-state index contributed by atoms with van der Waals surface area (Å²) >= 11 is 0. The average molecular weight is 207 g/mol. The maximum absolute atomic E-state index is 10.9. The number of amides is 1. The summed E-state index contributed by atoms with van der Waals surface area (Å²) in [6.45, 7) is 3.22. The predicted molar refractivity (Wildman–Crippen MR) is 57.4 cm³/mol. The van der Waals surface area contributed by atoms with Crippen molar-refractivity contribution in [1.29, 1.82) is 0 Å². The molecule has 0 saturated heterocycles. The summed E-state index contributed by atoms with van der Waals surface area (Å²) in [5.74, 6) is 0.310. The van der Waals surface area contributed by atoms with Gasteiger partial charge in [0.15, 0.2) is 0 Å². The lowest BCUT2D eigenvalue weighted by Crippen LogP contribution is -2.08. The third-order valence-corrected chi connectivity index (χ3v) is 2.03. The Morgan fingerprint density at radius 3 is 2.60 bits per heavy atom. The van der Waals surface area contributed by atoms with E-state index in [9.17, 15) is 9.59 Å². The molecule has 0 bridgehead atoms. The van der Waals surface area contributed by atoms with E-state index in [1.54, 1.807) is 19.1 Å². The fraction of sp³-hybridized carbons (Fsp3) is 0.273. The first kappa shape index (κ1) is 11.2. The molecule has 0 unspecified atom stereocenters. The molecule has 0 aliphatic heterocycles. The highest BCUT2D eigenvalue weighted by Crippen LogP contribution is 2.27. The van der Waals surface area contributed by atoms with Crippen LogP contribution in [0.3, 0.4) is 0 Å². The lowest BCUT2D eigenvalue weighted by atomic mass is 10.1. The molecule has 1 rings (SSSR count). The van der Waals surface area contributed by atoms with E-state index < -0.39 is 0 Å². The summed E-state index contributed by atoms with van der Waals surface area (Å²) in [6, 6.07) is 3.32. The molecule has 0 spiro atoms. The largest absolute Gasteiger partial charge is 0.495 e. The zero-order valence-corrected chi connectivity index (χ0v) is 8.96. The molecule has 1 aromatic carbocycles. The molecule has 0 fully saturated rings. The van der Waals surface area contributed by atoms with Crippen molar-refractivity contribution in [2.45, 2.75) is 13.8 Å². The van der Waals surface area contributed by atoms with Gasteiger partial charge >= 0.3 is 0 Å². The Morgan fingerprint density at radius 2 is 2.13 bits per heavy atom. The summed E-state index contributed by atoms with van der Waals surface area (Å²) in [5.41, 5.74) is 1.93. The maximum Gasteiger partial charge on any atom is 0.221 e. The van der Waals surface area contributed by atoms with Gasteiger partial charge in [0.2, 0.25) is 5.91 Å². The summed E-state index contributed by atoms with van der Waals surface area (Å²) in [5, 5.41) is 2.64. The molecule has 1 N–H and O–H groups in total. The van der Waals surface area contributed by atoms with Crippen molar-refractivity contribution < 1.29 is 14.3 Å². The molecule has 1 aromatic rings. The van der Waals surface area contributed by atoms with Crippen LogP contribution in [0.25, 0.3) is 0 Å². The van der Waals surface area contributed by atoms with Gasteiger partial charge in [-0.15, -0.1) is 0 Å². The SMILES string of the molecule is COc1cc(C=O)c(C)cc1NC(C)=O. The Kier molecular flexibility index (Phi) is 3.44. The highest BCUT2D eigenvalue weighted by Gasteiger charge is 2.08. The van der Waals surface area contributed by atoms with E-state index >= 15 is 0 Å². The van der Waals surface area contributed by atoms with E-state index in [0.29, 0.717) is 17.0 Å². The number of nitrogens with one attached hydrogen (secondary N) is 1. The summed E-state index contributed by atoms with van der Waals surface area (Å²) in [6.07, 6.45) is 0.759. The number of aldehydes is 1. The van der Waals surface area contributed by atoms with Gasteiger partial charge in [0.25, 0.3) is 0 Å². The Bertz CT molecular complexity index is 399. The molecule has 1 amide bonds. The van der Waals surface area contributed by atoms with Gasteiger partial charge < -0.3 is 10.1 Å². The van der Waals surface area contributed by atoms with Crippen molar-refractivity contribution in [3.63, 3.8) is 0 Å². The number of anilines is 1. The third-order valence-electron chi connectivity index (χ3n) is 2.03. The molecule has 80 valence electrons. The number of aryl methyl sites for hydroxylation is 1. The van der Waals surface area contributed by atoms with Gasteiger partial charge in [0.05, 0.1) is 12.8 Å².